The van der Waals surface area contributed by atoms with E-state index in [9.17, 15) is 4.79 Å². The molecule has 4 aromatic rings. The molecule has 5 rings (SSSR count). The van der Waals surface area contributed by atoms with Crippen LogP contribution >= 0.6 is 0 Å². The molecule has 1 aliphatic heterocycles. The molecule has 2 amide bonds. The molecule has 5 heteroatoms. The van der Waals surface area contributed by atoms with Gasteiger partial charge < -0.3 is 15.2 Å². The van der Waals surface area contributed by atoms with Crippen LogP contribution < -0.4 is 10.6 Å². The van der Waals surface area contributed by atoms with Crippen molar-refractivity contribution >= 4 is 11.7 Å². The molecule has 1 unspecified atom stereocenters. The van der Waals surface area contributed by atoms with Gasteiger partial charge in [0.1, 0.15) is 0 Å². The molecule has 0 spiro atoms. The normalized spacial score (nSPS) is 14.1. The summed E-state index contributed by atoms with van der Waals surface area (Å²) in [6, 6.07) is 26.1. The lowest BCUT2D eigenvalue weighted by Crippen LogP contribution is -2.33. The van der Waals surface area contributed by atoms with Gasteiger partial charge in [-0.15, -0.1) is 0 Å². The summed E-state index contributed by atoms with van der Waals surface area (Å²) in [6.07, 6.45) is 3.69. The molecular weight excluding hydrogens is 360 g/mol. The number of benzene rings is 3. The van der Waals surface area contributed by atoms with Crippen LogP contribution in [0.1, 0.15) is 11.6 Å². The summed E-state index contributed by atoms with van der Waals surface area (Å²) >= 11 is 0. The third kappa shape index (κ3) is 3.27. The Kier molecular flexibility index (Phi) is 4.33. The number of urea groups is 1. The molecule has 0 saturated carbocycles. The lowest BCUT2D eigenvalue weighted by atomic mass is 10.0. The standard InChI is InChI=1S/C24H20N4O/c29-24(27-19-10-6-9-18(13-19)17-7-2-1-3-8-17)26-15-23-21-12-5-4-11-20(21)22-14-25-16-28(22)23/h1-14,16,23H,15H2,(H2,26,27,29). The molecule has 0 saturated heterocycles. The maximum absolute atomic E-state index is 12.5. The average molecular weight is 380 g/mol. The smallest absolute Gasteiger partial charge is 0.319 e. The SMILES string of the molecule is O=C(NCC1c2ccccc2-c2cncn21)Nc1cccc(-c2ccccc2)c1. The van der Waals surface area contributed by atoms with Crippen LogP contribution in [-0.4, -0.2) is 22.1 Å². The third-order valence-corrected chi connectivity index (χ3v) is 5.28. The number of aromatic nitrogens is 2. The van der Waals surface area contributed by atoms with Crippen molar-refractivity contribution in [2.75, 3.05) is 11.9 Å². The van der Waals surface area contributed by atoms with Gasteiger partial charge in [0.2, 0.25) is 0 Å². The zero-order valence-electron chi connectivity index (χ0n) is 15.7. The number of rotatable bonds is 4. The summed E-state index contributed by atoms with van der Waals surface area (Å²) in [6.45, 7) is 0.491. The minimum Gasteiger partial charge on any atom is -0.335 e. The number of anilines is 1. The van der Waals surface area contributed by atoms with Crippen LogP contribution in [0.5, 0.6) is 0 Å². The zero-order valence-corrected chi connectivity index (χ0v) is 15.7. The van der Waals surface area contributed by atoms with Crippen molar-refractivity contribution in [2.24, 2.45) is 0 Å². The van der Waals surface area contributed by atoms with E-state index in [1.807, 2.05) is 67.1 Å². The van der Waals surface area contributed by atoms with Crippen molar-refractivity contribution in [2.45, 2.75) is 6.04 Å². The second-order valence-corrected chi connectivity index (χ2v) is 7.07. The number of carbonyl (C=O) groups is 1. The number of nitrogens with one attached hydrogen (secondary N) is 2. The fourth-order valence-corrected chi connectivity index (χ4v) is 3.91. The van der Waals surface area contributed by atoms with Gasteiger partial charge in [-0.05, 0) is 28.8 Å². The second-order valence-electron chi connectivity index (χ2n) is 7.07. The fourth-order valence-electron chi connectivity index (χ4n) is 3.91. The molecule has 0 radical (unpaired) electrons. The maximum Gasteiger partial charge on any atom is 0.319 e. The molecule has 2 N–H and O–H groups in total. The first-order chi connectivity index (χ1) is 14.3. The highest BCUT2D eigenvalue weighted by Gasteiger charge is 2.28. The van der Waals surface area contributed by atoms with Crippen molar-refractivity contribution in [3.8, 4) is 22.4 Å². The molecule has 0 aliphatic carbocycles. The lowest BCUT2D eigenvalue weighted by Gasteiger charge is -2.16. The molecule has 5 nitrogen and oxygen atoms in total. The monoisotopic (exact) mass is 380 g/mol. The Morgan fingerprint density at radius 1 is 0.931 bits per heavy atom. The molecule has 2 heterocycles. The Hall–Kier alpha value is -3.86. The van der Waals surface area contributed by atoms with Crippen LogP contribution in [0.25, 0.3) is 22.4 Å². The molecule has 29 heavy (non-hydrogen) atoms. The second kappa shape index (κ2) is 7.28. The average Bonchev–Trinajstić information content (AvgIpc) is 3.35. The fraction of sp³-hybridized carbons (Fsp3) is 0.0833. The van der Waals surface area contributed by atoms with E-state index in [1.54, 1.807) is 0 Å². The summed E-state index contributed by atoms with van der Waals surface area (Å²) in [4.78, 5) is 16.8. The molecule has 1 atom stereocenters. The zero-order chi connectivity index (χ0) is 19.6. The number of carbonyl (C=O) groups excluding carboxylic acids is 1. The van der Waals surface area contributed by atoms with E-state index >= 15 is 0 Å². The van der Waals surface area contributed by atoms with E-state index < -0.39 is 0 Å². The van der Waals surface area contributed by atoms with Gasteiger partial charge in [0.05, 0.1) is 24.3 Å². The molecular formula is C24H20N4O. The van der Waals surface area contributed by atoms with Gasteiger partial charge in [0, 0.05) is 17.8 Å². The maximum atomic E-state index is 12.5. The molecule has 0 fully saturated rings. The predicted molar refractivity (Wildman–Crippen MR) is 115 cm³/mol. The minimum atomic E-state index is -0.221. The van der Waals surface area contributed by atoms with E-state index in [1.165, 1.54) is 11.1 Å². The van der Waals surface area contributed by atoms with Crippen LogP contribution in [-0.2, 0) is 0 Å². The van der Waals surface area contributed by atoms with Crippen molar-refractivity contribution in [3.63, 3.8) is 0 Å². The quantitative estimate of drug-likeness (QED) is 0.527. The van der Waals surface area contributed by atoms with Gasteiger partial charge in [0.15, 0.2) is 0 Å². The minimum absolute atomic E-state index is 0.0464. The van der Waals surface area contributed by atoms with Gasteiger partial charge in [-0.2, -0.15) is 0 Å². The molecule has 142 valence electrons. The third-order valence-electron chi connectivity index (χ3n) is 5.28. The summed E-state index contributed by atoms with van der Waals surface area (Å²) in [5.74, 6) is 0. The number of nitrogens with zero attached hydrogens (tertiary/aromatic N) is 2. The van der Waals surface area contributed by atoms with Gasteiger partial charge in [0.25, 0.3) is 0 Å². The predicted octanol–water partition coefficient (Wildman–Crippen LogP) is 4.94. The molecule has 3 aromatic carbocycles. The van der Waals surface area contributed by atoms with Gasteiger partial charge in [-0.25, -0.2) is 9.78 Å². The van der Waals surface area contributed by atoms with Crippen LogP contribution in [0.2, 0.25) is 0 Å². The Morgan fingerprint density at radius 3 is 2.62 bits per heavy atom. The van der Waals surface area contributed by atoms with Gasteiger partial charge in [-0.3, -0.25) is 0 Å². The van der Waals surface area contributed by atoms with Crippen molar-refractivity contribution in [1.82, 2.24) is 14.9 Å². The van der Waals surface area contributed by atoms with E-state index in [4.69, 9.17) is 0 Å². The summed E-state index contributed by atoms with van der Waals surface area (Å²) in [7, 11) is 0. The molecule has 1 aliphatic rings. The van der Waals surface area contributed by atoms with E-state index in [-0.39, 0.29) is 12.1 Å². The van der Waals surface area contributed by atoms with Crippen LogP contribution in [0.3, 0.4) is 0 Å². The van der Waals surface area contributed by atoms with E-state index in [2.05, 4.69) is 44.5 Å². The Morgan fingerprint density at radius 2 is 1.72 bits per heavy atom. The summed E-state index contributed by atoms with van der Waals surface area (Å²) in [5.41, 5.74) is 6.41. The van der Waals surface area contributed by atoms with Crippen LogP contribution in [0, 0.1) is 0 Å². The Bertz CT molecular complexity index is 1170. The summed E-state index contributed by atoms with van der Waals surface area (Å²) < 4.78 is 2.11. The molecule has 1 aromatic heterocycles. The van der Waals surface area contributed by atoms with E-state index in [0.717, 1.165) is 22.5 Å². The number of fused-ring (bicyclic) bond motifs is 3. The van der Waals surface area contributed by atoms with Crippen molar-refractivity contribution in [1.29, 1.82) is 0 Å². The first kappa shape index (κ1) is 17.3. The van der Waals surface area contributed by atoms with Gasteiger partial charge in [-0.1, -0.05) is 66.7 Å². The number of hydrogen-bond donors (Lipinski definition) is 2. The Balaban J connectivity index is 1.28. The summed E-state index contributed by atoms with van der Waals surface area (Å²) in [5, 5.41) is 5.95. The van der Waals surface area contributed by atoms with Gasteiger partial charge >= 0.3 is 6.03 Å². The number of amides is 2. The van der Waals surface area contributed by atoms with Crippen LogP contribution in [0.4, 0.5) is 10.5 Å². The number of imidazole rings is 1. The van der Waals surface area contributed by atoms with Crippen molar-refractivity contribution in [3.05, 3.63) is 97.0 Å². The van der Waals surface area contributed by atoms with Crippen molar-refractivity contribution < 1.29 is 4.79 Å². The highest BCUT2D eigenvalue weighted by atomic mass is 16.2. The first-order valence-electron chi connectivity index (χ1n) is 9.61. The van der Waals surface area contributed by atoms with Crippen LogP contribution in [0.15, 0.2) is 91.4 Å². The topological polar surface area (TPSA) is 59.0 Å². The first-order valence-corrected chi connectivity index (χ1v) is 9.61. The highest BCUT2D eigenvalue weighted by Crippen LogP contribution is 2.38. The Labute approximate surface area is 169 Å². The number of hydrogen-bond acceptors (Lipinski definition) is 2. The molecule has 0 bridgehead atoms. The lowest BCUT2D eigenvalue weighted by molar-refractivity contribution is 0.251. The highest BCUT2D eigenvalue weighted by molar-refractivity contribution is 5.90. The largest absolute Gasteiger partial charge is 0.335 e. The van der Waals surface area contributed by atoms with E-state index in [0.29, 0.717) is 6.54 Å².